The molecule has 2 N–H and O–H groups in total. The second-order valence-corrected chi connectivity index (χ2v) is 5.14. The minimum Gasteiger partial charge on any atom is -0.489 e. The summed E-state index contributed by atoms with van der Waals surface area (Å²) in [5.74, 6) is 1.72. The molecule has 4 nitrogen and oxygen atoms in total. The van der Waals surface area contributed by atoms with E-state index in [-0.39, 0.29) is 0 Å². The highest BCUT2D eigenvalue weighted by Crippen LogP contribution is 2.14. The predicted octanol–water partition coefficient (Wildman–Crippen LogP) is 3.34. The van der Waals surface area contributed by atoms with Crippen LogP contribution in [-0.2, 0) is 13.2 Å². The first-order chi connectivity index (χ1) is 11.3. The molecule has 0 aliphatic rings. The van der Waals surface area contributed by atoms with Gasteiger partial charge in [0.2, 0.25) is 0 Å². The monoisotopic (exact) mass is 311 g/mol. The number of hydrogen-bond donors (Lipinski definition) is 2. The third kappa shape index (κ3) is 6.02. The van der Waals surface area contributed by atoms with Crippen LogP contribution in [0.25, 0.3) is 0 Å². The van der Waals surface area contributed by atoms with Crippen molar-refractivity contribution in [2.75, 3.05) is 13.1 Å². The van der Waals surface area contributed by atoms with E-state index in [0.29, 0.717) is 13.2 Å². The number of guanidine groups is 1. The van der Waals surface area contributed by atoms with Crippen LogP contribution in [0.1, 0.15) is 25.0 Å². The molecule has 0 aromatic heterocycles. The summed E-state index contributed by atoms with van der Waals surface area (Å²) >= 11 is 0. The van der Waals surface area contributed by atoms with Gasteiger partial charge in [-0.2, -0.15) is 0 Å². The highest BCUT2D eigenvalue weighted by Gasteiger charge is 1.98. The standard InChI is InChI=1S/C19H25N3O/c1-3-20-19(21-4-2)22-14-16-10-12-18(13-11-16)23-15-17-8-6-5-7-9-17/h5-13H,3-4,14-15H2,1-2H3,(H2,20,21,22). The largest absolute Gasteiger partial charge is 0.489 e. The Kier molecular flexibility index (Phi) is 6.98. The summed E-state index contributed by atoms with van der Waals surface area (Å²) in [5, 5.41) is 6.44. The summed E-state index contributed by atoms with van der Waals surface area (Å²) in [5.41, 5.74) is 2.33. The Morgan fingerprint density at radius 2 is 1.52 bits per heavy atom. The first-order valence-corrected chi connectivity index (χ1v) is 8.09. The molecule has 23 heavy (non-hydrogen) atoms. The molecule has 0 fully saturated rings. The summed E-state index contributed by atoms with van der Waals surface area (Å²) in [4.78, 5) is 4.55. The van der Waals surface area contributed by atoms with Crippen LogP contribution in [0.4, 0.5) is 0 Å². The van der Waals surface area contributed by atoms with E-state index >= 15 is 0 Å². The van der Waals surface area contributed by atoms with Crippen molar-refractivity contribution in [2.24, 2.45) is 4.99 Å². The molecule has 0 heterocycles. The number of rotatable bonds is 7. The smallest absolute Gasteiger partial charge is 0.191 e. The molecule has 0 radical (unpaired) electrons. The predicted molar refractivity (Wildman–Crippen MR) is 95.7 cm³/mol. The molecule has 0 atom stereocenters. The van der Waals surface area contributed by atoms with E-state index in [1.54, 1.807) is 0 Å². The zero-order valence-corrected chi connectivity index (χ0v) is 13.9. The summed E-state index contributed by atoms with van der Waals surface area (Å²) in [6, 6.07) is 18.3. The topological polar surface area (TPSA) is 45.7 Å². The van der Waals surface area contributed by atoms with Crippen molar-refractivity contribution in [2.45, 2.75) is 27.0 Å². The molecule has 2 aromatic rings. The first-order valence-electron chi connectivity index (χ1n) is 8.09. The lowest BCUT2D eigenvalue weighted by molar-refractivity contribution is 0.306. The van der Waals surface area contributed by atoms with Crippen molar-refractivity contribution < 1.29 is 4.74 Å². The van der Waals surface area contributed by atoms with Gasteiger partial charge in [0.05, 0.1) is 6.54 Å². The van der Waals surface area contributed by atoms with E-state index in [2.05, 4.69) is 53.7 Å². The fourth-order valence-corrected chi connectivity index (χ4v) is 2.11. The number of ether oxygens (including phenoxy) is 1. The lowest BCUT2D eigenvalue weighted by atomic mass is 10.2. The van der Waals surface area contributed by atoms with Gasteiger partial charge in [0.25, 0.3) is 0 Å². The van der Waals surface area contributed by atoms with Crippen molar-refractivity contribution in [1.82, 2.24) is 10.6 Å². The molecule has 0 aliphatic carbocycles. The van der Waals surface area contributed by atoms with Crippen molar-refractivity contribution in [3.05, 3.63) is 65.7 Å². The second kappa shape index (κ2) is 9.51. The normalized spacial score (nSPS) is 10.0. The summed E-state index contributed by atoms with van der Waals surface area (Å²) in [7, 11) is 0. The first kappa shape index (κ1) is 16.9. The number of aliphatic imine (C=N–C) groups is 1. The van der Waals surface area contributed by atoms with Crippen LogP contribution < -0.4 is 15.4 Å². The number of nitrogens with one attached hydrogen (secondary N) is 2. The molecule has 0 spiro atoms. The van der Waals surface area contributed by atoms with Gasteiger partial charge in [0.15, 0.2) is 5.96 Å². The number of benzene rings is 2. The zero-order chi connectivity index (χ0) is 16.3. The van der Waals surface area contributed by atoms with Crippen LogP contribution in [-0.4, -0.2) is 19.0 Å². The molecule has 2 aromatic carbocycles. The highest BCUT2D eigenvalue weighted by molar-refractivity contribution is 5.79. The van der Waals surface area contributed by atoms with E-state index in [9.17, 15) is 0 Å². The van der Waals surface area contributed by atoms with Gasteiger partial charge >= 0.3 is 0 Å². The van der Waals surface area contributed by atoms with Crippen molar-refractivity contribution >= 4 is 5.96 Å². The van der Waals surface area contributed by atoms with Crippen molar-refractivity contribution in [3.63, 3.8) is 0 Å². The lowest BCUT2D eigenvalue weighted by Gasteiger charge is -2.09. The number of nitrogens with zero attached hydrogens (tertiary/aromatic N) is 1. The fraction of sp³-hybridized carbons (Fsp3) is 0.316. The Balaban J connectivity index is 1.87. The molecule has 0 saturated heterocycles. The van der Waals surface area contributed by atoms with Crippen LogP contribution in [0, 0.1) is 0 Å². The molecule has 0 bridgehead atoms. The fourth-order valence-electron chi connectivity index (χ4n) is 2.11. The molecular weight excluding hydrogens is 286 g/mol. The molecule has 0 amide bonds. The Hall–Kier alpha value is -2.49. The zero-order valence-electron chi connectivity index (χ0n) is 13.9. The second-order valence-electron chi connectivity index (χ2n) is 5.14. The third-order valence-corrected chi connectivity index (χ3v) is 3.28. The van der Waals surface area contributed by atoms with Crippen LogP contribution >= 0.6 is 0 Å². The van der Waals surface area contributed by atoms with Gasteiger partial charge in [-0.15, -0.1) is 0 Å². The van der Waals surface area contributed by atoms with Crippen molar-refractivity contribution in [1.29, 1.82) is 0 Å². The van der Waals surface area contributed by atoms with Crippen LogP contribution in [0.3, 0.4) is 0 Å². The molecule has 0 saturated carbocycles. The third-order valence-electron chi connectivity index (χ3n) is 3.28. The minimum atomic E-state index is 0.587. The molecule has 2 rings (SSSR count). The van der Waals surface area contributed by atoms with Gasteiger partial charge in [0, 0.05) is 13.1 Å². The Bertz CT molecular complexity index is 586. The van der Waals surface area contributed by atoms with Gasteiger partial charge in [-0.1, -0.05) is 42.5 Å². The van der Waals surface area contributed by atoms with Crippen LogP contribution in [0.15, 0.2) is 59.6 Å². The Morgan fingerprint density at radius 1 is 0.870 bits per heavy atom. The molecule has 4 heteroatoms. The van der Waals surface area contributed by atoms with Gasteiger partial charge in [0.1, 0.15) is 12.4 Å². The van der Waals surface area contributed by atoms with E-state index in [1.165, 1.54) is 5.56 Å². The van der Waals surface area contributed by atoms with Crippen LogP contribution in [0.2, 0.25) is 0 Å². The van der Waals surface area contributed by atoms with Gasteiger partial charge in [-0.3, -0.25) is 0 Å². The molecule has 0 aliphatic heterocycles. The summed E-state index contributed by atoms with van der Waals surface area (Å²) in [6.45, 7) is 7.07. The maximum atomic E-state index is 5.79. The average molecular weight is 311 g/mol. The van der Waals surface area contributed by atoms with E-state index < -0.39 is 0 Å². The minimum absolute atomic E-state index is 0.587. The van der Waals surface area contributed by atoms with Gasteiger partial charge < -0.3 is 15.4 Å². The average Bonchev–Trinajstić information content (AvgIpc) is 2.60. The number of hydrogen-bond acceptors (Lipinski definition) is 2. The Morgan fingerprint density at radius 3 is 2.13 bits per heavy atom. The molecule has 0 unspecified atom stereocenters. The summed E-state index contributed by atoms with van der Waals surface area (Å²) < 4.78 is 5.79. The van der Waals surface area contributed by atoms with Crippen LogP contribution in [0.5, 0.6) is 5.75 Å². The molecule has 122 valence electrons. The maximum Gasteiger partial charge on any atom is 0.191 e. The van der Waals surface area contributed by atoms with Gasteiger partial charge in [-0.05, 0) is 37.1 Å². The van der Waals surface area contributed by atoms with Crippen molar-refractivity contribution in [3.8, 4) is 5.75 Å². The van der Waals surface area contributed by atoms with E-state index in [1.807, 2.05) is 30.3 Å². The lowest BCUT2D eigenvalue weighted by Crippen LogP contribution is -2.36. The van der Waals surface area contributed by atoms with Gasteiger partial charge in [-0.25, -0.2) is 4.99 Å². The molecular formula is C19H25N3O. The summed E-state index contributed by atoms with van der Waals surface area (Å²) in [6.07, 6.45) is 0. The SMILES string of the molecule is CCNC(=NCc1ccc(OCc2ccccc2)cc1)NCC. The Labute approximate surface area is 138 Å². The quantitative estimate of drug-likeness (QED) is 0.609. The maximum absolute atomic E-state index is 5.79. The highest BCUT2D eigenvalue weighted by atomic mass is 16.5. The van der Waals surface area contributed by atoms with E-state index in [0.717, 1.165) is 30.4 Å². The van der Waals surface area contributed by atoms with E-state index in [4.69, 9.17) is 4.74 Å².